The van der Waals surface area contributed by atoms with Gasteiger partial charge in [-0.2, -0.15) is 0 Å². The van der Waals surface area contributed by atoms with Crippen LogP contribution in [0, 0.1) is 0 Å². The molecular formula is C15H22N2O5. The lowest BCUT2D eigenvalue weighted by molar-refractivity contribution is -0.142. The highest BCUT2D eigenvalue weighted by Crippen LogP contribution is 2.00. The van der Waals surface area contributed by atoms with Crippen molar-refractivity contribution in [3.8, 4) is 0 Å². The van der Waals surface area contributed by atoms with Crippen molar-refractivity contribution < 1.29 is 23.8 Å². The smallest absolute Gasteiger partial charge is 0.407 e. The Kier molecular flexibility index (Phi) is 7.95. The van der Waals surface area contributed by atoms with Gasteiger partial charge in [0, 0.05) is 21.3 Å². The normalized spacial score (nSPS) is 10.4. The number of benzene rings is 1. The van der Waals surface area contributed by atoms with Crippen molar-refractivity contribution >= 4 is 12.0 Å². The van der Waals surface area contributed by atoms with Gasteiger partial charge in [-0.1, -0.05) is 30.3 Å². The maximum atomic E-state index is 11.8. The third kappa shape index (κ3) is 6.55. The number of likely N-dealkylation sites (N-methyl/N-ethyl adjacent to an activating group) is 1. The van der Waals surface area contributed by atoms with Gasteiger partial charge in [-0.05, 0) is 5.56 Å². The third-order valence-corrected chi connectivity index (χ3v) is 2.97. The summed E-state index contributed by atoms with van der Waals surface area (Å²) in [6.45, 7) is 0.281. The molecule has 0 saturated heterocycles. The van der Waals surface area contributed by atoms with Gasteiger partial charge in [0.1, 0.15) is 13.2 Å². The number of hydrogen-bond donors (Lipinski definition) is 1. The van der Waals surface area contributed by atoms with E-state index in [1.165, 1.54) is 19.1 Å². The Hall–Kier alpha value is -2.12. The first-order valence-electron chi connectivity index (χ1n) is 6.81. The van der Waals surface area contributed by atoms with Crippen molar-refractivity contribution in [3.63, 3.8) is 0 Å². The van der Waals surface area contributed by atoms with Crippen LogP contribution in [0.1, 0.15) is 5.56 Å². The Labute approximate surface area is 130 Å². The fraction of sp³-hybridized carbons (Fsp3) is 0.467. The zero-order valence-electron chi connectivity index (χ0n) is 13.1. The molecule has 0 heterocycles. The molecule has 7 heteroatoms. The van der Waals surface area contributed by atoms with Crippen molar-refractivity contribution in [3.05, 3.63) is 35.9 Å². The van der Waals surface area contributed by atoms with E-state index in [2.05, 4.69) is 5.32 Å². The number of methoxy groups -OCH3 is 2. The summed E-state index contributed by atoms with van der Waals surface area (Å²) < 4.78 is 15.0. The molecule has 0 radical (unpaired) electrons. The number of carbonyl (C=O) groups excluding carboxylic acids is 2. The van der Waals surface area contributed by atoms with E-state index < -0.39 is 12.4 Å². The van der Waals surface area contributed by atoms with Crippen LogP contribution < -0.4 is 5.32 Å². The maximum absolute atomic E-state index is 11.8. The van der Waals surface area contributed by atoms with Gasteiger partial charge in [0.05, 0.1) is 6.54 Å². The summed E-state index contributed by atoms with van der Waals surface area (Å²) in [5.41, 5.74) is 0.879. The van der Waals surface area contributed by atoms with Crippen LogP contribution in [0.4, 0.5) is 4.79 Å². The number of amides is 2. The summed E-state index contributed by atoms with van der Waals surface area (Å²) in [6, 6.07) is 9.29. The molecule has 0 aliphatic carbocycles. The number of alkyl carbamates (subject to hydrolysis) is 1. The highest BCUT2D eigenvalue weighted by atomic mass is 16.7. The SMILES string of the molecule is COC(CN(C)C(=O)CNC(=O)OCc1ccccc1)OC. The lowest BCUT2D eigenvalue weighted by atomic mass is 10.2. The van der Waals surface area contributed by atoms with Crippen molar-refractivity contribution in [2.75, 3.05) is 34.4 Å². The van der Waals surface area contributed by atoms with E-state index in [1.54, 1.807) is 7.05 Å². The second-order valence-electron chi connectivity index (χ2n) is 4.59. The Balaban J connectivity index is 2.26. The Morgan fingerprint density at radius 1 is 1.18 bits per heavy atom. The summed E-state index contributed by atoms with van der Waals surface area (Å²) in [4.78, 5) is 24.8. The van der Waals surface area contributed by atoms with E-state index >= 15 is 0 Å². The number of hydrogen-bond acceptors (Lipinski definition) is 5. The molecule has 0 aromatic heterocycles. The van der Waals surface area contributed by atoms with Crippen LogP contribution in [-0.4, -0.2) is 57.5 Å². The van der Waals surface area contributed by atoms with E-state index in [9.17, 15) is 9.59 Å². The number of nitrogens with one attached hydrogen (secondary N) is 1. The molecule has 1 N–H and O–H groups in total. The largest absolute Gasteiger partial charge is 0.445 e. The standard InChI is InChI=1S/C15H22N2O5/c1-17(10-14(20-2)21-3)13(18)9-16-15(19)22-11-12-7-5-4-6-8-12/h4-8,14H,9-11H2,1-3H3,(H,16,19). The average Bonchev–Trinajstić information content (AvgIpc) is 2.56. The monoisotopic (exact) mass is 310 g/mol. The summed E-state index contributed by atoms with van der Waals surface area (Å²) in [7, 11) is 4.59. The minimum Gasteiger partial charge on any atom is -0.445 e. The van der Waals surface area contributed by atoms with Crippen LogP contribution in [0.2, 0.25) is 0 Å². The minimum absolute atomic E-state index is 0.149. The molecule has 7 nitrogen and oxygen atoms in total. The molecule has 0 unspecified atom stereocenters. The van der Waals surface area contributed by atoms with Gasteiger partial charge in [-0.15, -0.1) is 0 Å². The first-order chi connectivity index (χ1) is 10.6. The quantitative estimate of drug-likeness (QED) is 0.725. The summed E-state index contributed by atoms with van der Waals surface area (Å²) in [5.74, 6) is -0.268. The molecule has 1 aromatic rings. The van der Waals surface area contributed by atoms with Crippen LogP contribution >= 0.6 is 0 Å². The van der Waals surface area contributed by atoms with Crippen molar-refractivity contribution in [1.29, 1.82) is 0 Å². The summed E-state index contributed by atoms with van der Waals surface area (Å²) >= 11 is 0. The molecule has 0 fully saturated rings. The van der Waals surface area contributed by atoms with Crippen molar-refractivity contribution in [1.82, 2.24) is 10.2 Å². The highest BCUT2D eigenvalue weighted by molar-refractivity contribution is 5.82. The van der Waals surface area contributed by atoms with Gasteiger partial charge < -0.3 is 24.4 Å². The topological polar surface area (TPSA) is 77.1 Å². The molecule has 2 amide bonds. The van der Waals surface area contributed by atoms with Crippen molar-refractivity contribution in [2.45, 2.75) is 12.9 Å². The van der Waals surface area contributed by atoms with E-state index in [-0.39, 0.29) is 25.6 Å². The number of rotatable bonds is 8. The minimum atomic E-state index is -0.638. The van der Waals surface area contributed by atoms with Gasteiger partial charge in [-0.25, -0.2) is 4.79 Å². The molecule has 0 aliphatic rings. The second kappa shape index (κ2) is 9.75. The molecule has 122 valence electrons. The van der Waals surface area contributed by atoms with Crippen LogP contribution in [0.5, 0.6) is 0 Å². The fourth-order valence-electron chi connectivity index (χ4n) is 1.63. The zero-order chi connectivity index (χ0) is 16.4. The van der Waals surface area contributed by atoms with Gasteiger partial charge in [0.15, 0.2) is 6.29 Å². The molecule has 0 atom stereocenters. The fourth-order valence-corrected chi connectivity index (χ4v) is 1.63. The van der Waals surface area contributed by atoms with E-state index in [4.69, 9.17) is 14.2 Å². The van der Waals surface area contributed by atoms with E-state index in [0.717, 1.165) is 5.56 Å². The van der Waals surface area contributed by atoms with Crippen molar-refractivity contribution in [2.24, 2.45) is 0 Å². The molecule has 0 saturated carbocycles. The number of nitrogens with zero attached hydrogens (tertiary/aromatic N) is 1. The van der Waals surface area contributed by atoms with Crippen LogP contribution in [0.3, 0.4) is 0 Å². The summed E-state index contributed by atoms with van der Waals surface area (Å²) in [6.07, 6.45) is -1.14. The maximum Gasteiger partial charge on any atom is 0.407 e. The molecule has 1 aromatic carbocycles. The first kappa shape index (κ1) is 17.9. The Bertz CT molecular complexity index is 462. The van der Waals surface area contributed by atoms with Gasteiger partial charge in [0.25, 0.3) is 0 Å². The van der Waals surface area contributed by atoms with E-state index in [0.29, 0.717) is 0 Å². The Morgan fingerprint density at radius 3 is 2.41 bits per heavy atom. The highest BCUT2D eigenvalue weighted by Gasteiger charge is 2.15. The first-order valence-corrected chi connectivity index (χ1v) is 6.81. The predicted molar refractivity (Wildman–Crippen MR) is 80.1 cm³/mol. The predicted octanol–water partition coefficient (Wildman–Crippen LogP) is 0.990. The lowest BCUT2D eigenvalue weighted by Crippen LogP contribution is -2.42. The summed E-state index contributed by atoms with van der Waals surface area (Å²) in [5, 5.41) is 2.41. The molecule has 0 bridgehead atoms. The second-order valence-corrected chi connectivity index (χ2v) is 4.59. The number of ether oxygens (including phenoxy) is 3. The van der Waals surface area contributed by atoms with Gasteiger partial charge >= 0.3 is 6.09 Å². The zero-order valence-corrected chi connectivity index (χ0v) is 13.1. The van der Waals surface area contributed by atoms with Crippen LogP contribution in [-0.2, 0) is 25.6 Å². The molecule has 1 rings (SSSR count). The molecule has 0 aliphatic heterocycles. The third-order valence-electron chi connectivity index (χ3n) is 2.97. The van der Waals surface area contributed by atoms with Crippen LogP contribution in [0.15, 0.2) is 30.3 Å². The lowest BCUT2D eigenvalue weighted by Gasteiger charge is -2.22. The van der Waals surface area contributed by atoms with E-state index in [1.807, 2.05) is 30.3 Å². The molecular weight excluding hydrogens is 288 g/mol. The Morgan fingerprint density at radius 2 is 1.82 bits per heavy atom. The molecule has 22 heavy (non-hydrogen) atoms. The van der Waals surface area contributed by atoms with Gasteiger partial charge in [-0.3, -0.25) is 4.79 Å². The molecule has 0 spiro atoms. The average molecular weight is 310 g/mol. The number of carbonyl (C=O) groups is 2. The van der Waals surface area contributed by atoms with Gasteiger partial charge in [0.2, 0.25) is 5.91 Å². The van der Waals surface area contributed by atoms with Crippen LogP contribution in [0.25, 0.3) is 0 Å².